The monoisotopic (exact) mass is 382 g/mol. The largest absolute Gasteiger partial charge is 0.467 e. The van der Waals surface area contributed by atoms with Gasteiger partial charge in [-0.25, -0.2) is 22.4 Å². The number of methoxy groups -OCH3 is 1. The topological polar surface area (TPSA) is 103 Å². The number of rotatable bonds is 4. The number of hydrogen-bond acceptors (Lipinski definition) is 6. The molecule has 1 saturated heterocycles. The van der Waals surface area contributed by atoms with Crippen molar-refractivity contribution in [2.24, 2.45) is 0 Å². The Morgan fingerprint density at radius 3 is 2.50 bits per heavy atom. The summed E-state index contributed by atoms with van der Waals surface area (Å²) in [5, 5.41) is 4.13. The molecule has 142 valence electrons. The Balaban J connectivity index is 2.12. The Hall–Kier alpha value is -2.20. The van der Waals surface area contributed by atoms with Gasteiger partial charge in [-0.1, -0.05) is 12.8 Å². The first-order valence-corrected chi connectivity index (χ1v) is 10.00. The second-order valence-electron chi connectivity index (χ2n) is 6.31. The lowest BCUT2D eigenvalue weighted by atomic mass is 10.2. The van der Waals surface area contributed by atoms with Crippen molar-refractivity contribution in [2.75, 3.05) is 20.2 Å². The van der Waals surface area contributed by atoms with E-state index in [9.17, 15) is 18.0 Å². The average Bonchev–Trinajstić information content (AvgIpc) is 2.82. The minimum Gasteiger partial charge on any atom is -0.467 e. The van der Waals surface area contributed by atoms with Gasteiger partial charge in [0.25, 0.3) is 0 Å². The van der Waals surface area contributed by atoms with Gasteiger partial charge >= 0.3 is 11.7 Å². The van der Waals surface area contributed by atoms with Crippen molar-refractivity contribution in [1.82, 2.24) is 18.5 Å². The maximum atomic E-state index is 13.1. The molecule has 10 heteroatoms. The lowest BCUT2D eigenvalue weighted by Crippen LogP contribution is -2.32. The normalized spacial score (nSPS) is 17.8. The predicted octanol–water partition coefficient (Wildman–Crippen LogP) is 0.795. The van der Waals surface area contributed by atoms with E-state index in [4.69, 9.17) is 0 Å². The first-order chi connectivity index (χ1) is 12.4. The lowest BCUT2D eigenvalue weighted by molar-refractivity contribution is -0.144. The summed E-state index contributed by atoms with van der Waals surface area (Å²) in [6, 6.07) is 1.98. The summed E-state index contributed by atoms with van der Waals surface area (Å²) in [5.74, 6) is -0.632. The van der Waals surface area contributed by atoms with Gasteiger partial charge in [0.15, 0.2) is 11.7 Å². The molecular weight excluding hydrogens is 360 g/mol. The van der Waals surface area contributed by atoms with E-state index in [1.165, 1.54) is 36.7 Å². The van der Waals surface area contributed by atoms with Crippen LogP contribution in [-0.2, 0) is 19.6 Å². The summed E-state index contributed by atoms with van der Waals surface area (Å²) in [5.41, 5.74) is -0.580. The quantitative estimate of drug-likeness (QED) is 0.725. The highest BCUT2D eigenvalue weighted by Crippen LogP contribution is 2.23. The molecule has 2 aromatic heterocycles. The number of nitrogens with zero attached hydrogens (tertiary/aromatic N) is 4. The summed E-state index contributed by atoms with van der Waals surface area (Å²) in [4.78, 5) is 24.3. The highest BCUT2D eigenvalue weighted by atomic mass is 32.2. The van der Waals surface area contributed by atoms with E-state index in [2.05, 4.69) is 9.84 Å². The predicted molar refractivity (Wildman–Crippen MR) is 93.4 cm³/mol. The van der Waals surface area contributed by atoms with Crippen LogP contribution in [0.25, 0.3) is 5.65 Å². The molecule has 3 rings (SSSR count). The van der Waals surface area contributed by atoms with Crippen molar-refractivity contribution in [3.8, 4) is 0 Å². The maximum absolute atomic E-state index is 13.1. The molecule has 0 aliphatic carbocycles. The second-order valence-corrected chi connectivity index (χ2v) is 8.22. The number of ether oxygens (including phenoxy) is 1. The minimum atomic E-state index is -3.79. The Morgan fingerprint density at radius 1 is 1.23 bits per heavy atom. The number of aromatic nitrogens is 3. The van der Waals surface area contributed by atoms with Gasteiger partial charge in [0.2, 0.25) is 10.0 Å². The van der Waals surface area contributed by atoms with Crippen molar-refractivity contribution in [3.05, 3.63) is 28.8 Å². The molecular formula is C16H22N4O5S. The number of sulfonamides is 1. The van der Waals surface area contributed by atoms with Crippen molar-refractivity contribution in [1.29, 1.82) is 0 Å². The first-order valence-electron chi connectivity index (χ1n) is 8.56. The molecule has 0 N–H and O–H groups in total. The molecule has 1 unspecified atom stereocenters. The Labute approximate surface area is 151 Å². The van der Waals surface area contributed by atoms with Gasteiger partial charge in [-0.05, 0) is 31.9 Å². The molecule has 0 aromatic carbocycles. The number of carbonyl (C=O) groups is 1. The van der Waals surface area contributed by atoms with Crippen LogP contribution in [0, 0.1) is 0 Å². The van der Waals surface area contributed by atoms with Crippen LogP contribution in [0.15, 0.2) is 28.0 Å². The van der Waals surface area contributed by atoms with E-state index < -0.39 is 27.7 Å². The molecule has 1 aliphatic heterocycles. The molecule has 0 bridgehead atoms. The zero-order chi connectivity index (χ0) is 18.9. The zero-order valence-corrected chi connectivity index (χ0v) is 15.6. The van der Waals surface area contributed by atoms with Crippen LogP contribution < -0.4 is 5.69 Å². The van der Waals surface area contributed by atoms with Crippen LogP contribution in [0.1, 0.15) is 38.6 Å². The van der Waals surface area contributed by atoms with Crippen LogP contribution >= 0.6 is 0 Å². The fourth-order valence-electron chi connectivity index (χ4n) is 3.13. The number of fused-ring (bicyclic) bond motifs is 1. The number of hydrogen-bond donors (Lipinski definition) is 0. The molecule has 3 heterocycles. The minimum absolute atomic E-state index is 0.0116. The summed E-state index contributed by atoms with van der Waals surface area (Å²) in [7, 11) is -2.57. The molecule has 26 heavy (non-hydrogen) atoms. The third-order valence-electron chi connectivity index (χ3n) is 4.63. The van der Waals surface area contributed by atoms with E-state index in [0.29, 0.717) is 13.1 Å². The Bertz CT molecular complexity index is 970. The summed E-state index contributed by atoms with van der Waals surface area (Å²) < 4.78 is 34.4. The zero-order valence-electron chi connectivity index (χ0n) is 14.8. The number of carbonyl (C=O) groups excluding carboxylic acids is 1. The third kappa shape index (κ3) is 3.14. The molecule has 1 atom stereocenters. The van der Waals surface area contributed by atoms with Crippen molar-refractivity contribution in [2.45, 2.75) is 43.5 Å². The van der Waals surface area contributed by atoms with E-state index in [0.717, 1.165) is 34.8 Å². The average molecular weight is 382 g/mol. The van der Waals surface area contributed by atoms with Gasteiger partial charge < -0.3 is 4.74 Å². The Kier molecular flexibility index (Phi) is 5.15. The van der Waals surface area contributed by atoms with Gasteiger partial charge in [0.05, 0.1) is 7.11 Å². The van der Waals surface area contributed by atoms with Crippen molar-refractivity contribution < 1.29 is 17.9 Å². The first kappa shape index (κ1) is 18.6. The molecule has 9 nitrogen and oxygen atoms in total. The van der Waals surface area contributed by atoms with E-state index in [-0.39, 0.29) is 10.5 Å². The lowest BCUT2D eigenvalue weighted by Gasteiger charge is -2.19. The van der Waals surface area contributed by atoms with Crippen LogP contribution in [-0.4, -0.2) is 53.1 Å². The number of esters is 1. The third-order valence-corrected chi connectivity index (χ3v) is 6.55. The fourth-order valence-corrected chi connectivity index (χ4v) is 4.77. The molecule has 0 saturated carbocycles. The molecule has 0 radical (unpaired) electrons. The summed E-state index contributed by atoms with van der Waals surface area (Å²) >= 11 is 0. The van der Waals surface area contributed by atoms with Crippen LogP contribution in [0.4, 0.5) is 0 Å². The van der Waals surface area contributed by atoms with E-state index in [1.807, 2.05) is 0 Å². The highest BCUT2D eigenvalue weighted by Gasteiger charge is 2.30. The standard InChI is InChI=1S/C16H22N4O5S/c1-12(15(21)25-2)20-16(22)19-11-7-8-13(14(19)17-20)26(23,24)18-9-5-3-4-6-10-18/h7-8,11-12H,3-6,9-10H2,1-2H3. The Morgan fingerprint density at radius 2 is 1.88 bits per heavy atom. The van der Waals surface area contributed by atoms with E-state index in [1.54, 1.807) is 0 Å². The SMILES string of the molecule is COC(=O)C(C)n1nc2c(S(=O)(=O)N3CCCCCC3)cccn2c1=O. The smallest absolute Gasteiger partial charge is 0.351 e. The van der Waals surface area contributed by atoms with Crippen molar-refractivity contribution in [3.63, 3.8) is 0 Å². The van der Waals surface area contributed by atoms with Crippen LogP contribution in [0.5, 0.6) is 0 Å². The molecule has 1 fully saturated rings. The summed E-state index contributed by atoms with van der Waals surface area (Å²) in [6.45, 7) is 2.38. The van der Waals surface area contributed by atoms with Gasteiger partial charge in [-0.2, -0.15) is 8.99 Å². The van der Waals surface area contributed by atoms with Gasteiger partial charge in [-0.15, -0.1) is 5.10 Å². The maximum Gasteiger partial charge on any atom is 0.351 e. The van der Waals surface area contributed by atoms with Crippen LogP contribution in [0.3, 0.4) is 0 Å². The van der Waals surface area contributed by atoms with Crippen LogP contribution in [0.2, 0.25) is 0 Å². The second kappa shape index (κ2) is 7.20. The highest BCUT2D eigenvalue weighted by molar-refractivity contribution is 7.89. The van der Waals surface area contributed by atoms with Crippen molar-refractivity contribution >= 4 is 21.6 Å². The molecule has 2 aromatic rings. The number of pyridine rings is 1. The van der Waals surface area contributed by atoms with Gasteiger partial charge in [0, 0.05) is 19.3 Å². The van der Waals surface area contributed by atoms with Gasteiger partial charge in [0.1, 0.15) is 4.90 Å². The molecule has 0 amide bonds. The molecule has 1 aliphatic rings. The van der Waals surface area contributed by atoms with Gasteiger partial charge in [-0.3, -0.25) is 0 Å². The fraction of sp³-hybridized carbons (Fsp3) is 0.562. The summed E-state index contributed by atoms with van der Waals surface area (Å²) in [6.07, 6.45) is 5.06. The molecule has 0 spiro atoms. The van der Waals surface area contributed by atoms with E-state index >= 15 is 0 Å².